The average molecular weight is 337 g/mol. The molecule has 3 N–H and O–H groups in total. The van der Waals surface area contributed by atoms with Gasteiger partial charge in [0.05, 0.1) is 11.3 Å². The Labute approximate surface area is 144 Å². The first-order valence-electron chi connectivity index (χ1n) is 7.84. The number of benzene rings is 1. The van der Waals surface area contributed by atoms with Crippen LogP contribution in [-0.4, -0.2) is 16.5 Å². The molecule has 0 fully saturated rings. The van der Waals surface area contributed by atoms with Gasteiger partial charge in [-0.15, -0.1) is 0 Å². The van der Waals surface area contributed by atoms with Crippen molar-refractivity contribution in [2.45, 2.75) is 19.4 Å². The molecule has 25 heavy (non-hydrogen) atoms. The molecule has 0 radical (unpaired) electrons. The summed E-state index contributed by atoms with van der Waals surface area (Å²) in [5, 5.41) is 2.68. The Morgan fingerprint density at radius 3 is 2.76 bits per heavy atom. The minimum absolute atomic E-state index is 0.306. The quantitative estimate of drug-likeness (QED) is 0.782. The average Bonchev–Trinajstić information content (AvgIpc) is 3.03. The van der Waals surface area contributed by atoms with Crippen molar-refractivity contribution in [3.8, 4) is 0 Å². The zero-order valence-corrected chi connectivity index (χ0v) is 13.8. The first-order valence-corrected chi connectivity index (χ1v) is 7.84. The van der Waals surface area contributed by atoms with Crippen molar-refractivity contribution >= 4 is 28.6 Å². The van der Waals surface area contributed by atoms with Gasteiger partial charge in [0.1, 0.15) is 23.0 Å². The van der Waals surface area contributed by atoms with E-state index in [1.54, 1.807) is 18.3 Å². The van der Waals surface area contributed by atoms with Crippen molar-refractivity contribution in [3.63, 3.8) is 0 Å². The summed E-state index contributed by atoms with van der Waals surface area (Å²) >= 11 is 0. The molecule has 2 aliphatic heterocycles. The van der Waals surface area contributed by atoms with Gasteiger partial charge in [-0.05, 0) is 50.3 Å². The number of ether oxygens (including phenoxy) is 1. The standard InChI is InChI=1S/C19H16FN3O2/c1-19(2)13(10-3-6-16(21)22-9-10)8-15(25-19)17-12-5-4-11(20)7-14(12)23-18(17)24/h3-9H,1-2H3,(H2,21,22)(H,23,24)/b17-15+. The van der Waals surface area contributed by atoms with Crippen LogP contribution in [0.15, 0.2) is 48.4 Å². The Hall–Kier alpha value is -3.15. The van der Waals surface area contributed by atoms with Crippen molar-refractivity contribution in [3.05, 3.63) is 65.3 Å². The summed E-state index contributed by atoms with van der Waals surface area (Å²) in [6, 6.07) is 7.80. The van der Waals surface area contributed by atoms with E-state index in [1.165, 1.54) is 12.1 Å². The topological polar surface area (TPSA) is 77.2 Å². The van der Waals surface area contributed by atoms with Gasteiger partial charge < -0.3 is 15.8 Å². The maximum absolute atomic E-state index is 13.4. The molecule has 6 heteroatoms. The number of nitrogens with zero attached hydrogens (tertiary/aromatic N) is 1. The smallest absolute Gasteiger partial charge is 0.260 e. The lowest BCUT2D eigenvalue weighted by molar-refractivity contribution is -0.111. The molecule has 3 heterocycles. The normalized spacial score (nSPS) is 20.8. The van der Waals surface area contributed by atoms with Crippen molar-refractivity contribution in [2.75, 3.05) is 11.1 Å². The molecule has 2 aromatic rings. The van der Waals surface area contributed by atoms with Crippen LogP contribution in [0, 0.1) is 5.82 Å². The number of halogens is 1. The zero-order valence-electron chi connectivity index (χ0n) is 13.8. The lowest BCUT2D eigenvalue weighted by Crippen LogP contribution is -2.21. The van der Waals surface area contributed by atoms with Crippen molar-refractivity contribution in [1.29, 1.82) is 0 Å². The summed E-state index contributed by atoms with van der Waals surface area (Å²) in [5.74, 6) is 0.187. The highest BCUT2D eigenvalue weighted by Crippen LogP contribution is 2.44. The van der Waals surface area contributed by atoms with E-state index in [-0.39, 0.29) is 5.91 Å². The second-order valence-electron chi connectivity index (χ2n) is 6.53. The van der Waals surface area contributed by atoms with Crippen molar-refractivity contribution < 1.29 is 13.9 Å². The molecule has 1 aromatic heterocycles. The third-order valence-corrected chi connectivity index (χ3v) is 4.36. The Morgan fingerprint density at radius 2 is 2.04 bits per heavy atom. The molecule has 4 rings (SSSR count). The number of carbonyl (C=O) groups is 1. The third kappa shape index (κ3) is 2.46. The number of hydrogen-bond acceptors (Lipinski definition) is 4. The maximum Gasteiger partial charge on any atom is 0.260 e. The Morgan fingerprint density at radius 1 is 1.24 bits per heavy atom. The number of fused-ring (bicyclic) bond motifs is 1. The molecular weight excluding hydrogens is 321 g/mol. The number of pyridine rings is 1. The molecule has 0 bridgehead atoms. The highest BCUT2D eigenvalue weighted by molar-refractivity contribution is 6.32. The van der Waals surface area contributed by atoms with Crippen LogP contribution in [0.4, 0.5) is 15.9 Å². The number of nitrogen functional groups attached to an aromatic ring is 1. The highest BCUT2D eigenvalue weighted by Gasteiger charge is 2.38. The van der Waals surface area contributed by atoms with Gasteiger partial charge in [-0.1, -0.05) is 0 Å². The van der Waals surface area contributed by atoms with E-state index in [1.807, 2.05) is 26.0 Å². The largest absolute Gasteiger partial charge is 0.482 e. The van der Waals surface area contributed by atoms with Crippen LogP contribution in [0.25, 0.3) is 11.1 Å². The molecule has 126 valence electrons. The first kappa shape index (κ1) is 15.4. The fraction of sp³-hybridized carbons (Fsp3) is 0.158. The van der Waals surface area contributed by atoms with Gasteiger partial charge in [0.2, 0.25) is 0 Å². The molecule has 0 atom stereocenters. The van der Waals surface area contributed by atoms with Gasteiger partial charge in [-0.2, -0.15) is 0 Å². The summed E-state index contributed by atoms with van der Waals surface area (Å²) in [5.41, 5.74) is 8.26. The molecule has 0 unspecified atom stereocenters. The van der Waals surface area contributed by atoms with Gasteiger partial charge in [-0.3, -0.25) is 4.79 Å². The first-order chi connectivity index (χ1) is 11.8. The maximum atomic E-state index is 13.4. The van der Waals surface area contributed by atoms with E-state index in [9.17, 15) is 9.18 Å². The Kier molecular flexibility index (Phi) is 3.18. The fourth-order valence-corrected chi connectivity index (χ4v) is 3.17. The molecule has 1 aromatic carbocycles. The zero-order chi connectivity index (χ0) is 17.8. The van der Waals surface area contributed by atoms with Crippen LogP contribution in [0.1, 0.15) is 25.0 Å². The number of allylic oxidation sites excluding steroid dienone is 1. The van der Waals surface area contributed by atoms with Gasteiger partial charge in [0, 0.05) is 22.9 Å². The van der Waals surface area contributed by atoms with Crippen LogP contribution < -0.4 is 11.1 Å². The third-order valence-electron chi connectivity index (χ3n) is 4.36. The number of amides is 1. The molecule has 5 nitrogen and oxygen atoms in total. The summed E-state index contributed by atoms with van der Waals surface area (Å²) in [6.07, 6.45) is 3.51. The summed E-state index contributed by atoms with van der Waals surface area (Å²) in [7, 11) is 0. The van der Waals surface area contributed by atoms with Crippen molar-refractivity contribution in [1.82, 2.24) is 4.98 Å². The monoisotopic (exact) mass is 337 g/mol. The Balaban J connectivity index is 1.86. The van der Waals surface area contributed by atoms with Crippen LogP contribution in [0.5, 0.6) is 0 Å². The minimum Gasteiger partial charge on any atom is -0.482 e. The van der Waals surface area contributed by atoms with Gasteiger partial charge in [-0.25, -0.2) is 9.37 Å². The van der Waals surface area contributed by atoms with Crippen LogP contribution in [-0.2, 0) is 9.53 Å². The van der Waals surface area contributed by atoms with E-state index >= 15 is 0 Å². The van der Waals surface area contributed by atoms with E-state index in [4.69, 9.17) is 10.5 Å². The predicted molar refractivity (Wildman–Crippen MR) is 93.7 cm³/mol. The number of hydrogen-bond donors (Lipinski definition) is 2. The lowest BCUT2D eigenvalue weighted by Gasteiger charge is -2.23. The number of rotatable bonds is 1. The van der Waals surface area contributed by atoms with E-state index < -0.39 is 11.4 Å². The van der Waals surface area contributed by atoms with Crippen molar-refractivity contribution in [2.24, 2.45) is 0 Å². The predicted octanol–water partition coefficient (Wildman–Crippen LogP) is 3.36. The van der Waals surface area contributed by atoms with Crippen LogP contribution in [0.2, 0.25) is 0 Å². The SMILES string of the molecule is CC1(C)O/C(=C2/C(=O)Nc3cc(F)ccc32)C=C1c1ccc(N)nc1. The fourth-order valence-electron chi connectivity index (χ4n) is 3.17. The molecule has 0 aliphatic carbocycles. The van der Waals surface area contributed by atoms with Gasteiger partial charge >= 0.3 is 0 Å². The van der Waals surface area contributed by atoms with E-state index in [2.05, 4.69) is 10.3 Å². The number of aromatic nitrogens is 1. The number of carbonyl (C=O) groups excluding carboxylic acids is 1. The van der Waals surface area contributed by atoms with Gasteiger partial charge in [0.15, 0.2) is 0 Å². The molecule has 0 spiro atoms. The molecule has 1 amide bonds. The second-order valence-corrected chi connectivity index (χ2v) is 6.53. The van der Waals surface area contributed by atoms with Gasteiger partial charge in [0.25, 0.3) is 5.91 Å². The number of nitrogens with one attached hydrogen (secondary N) is 1. The number of anilines is 2. The summed E-state index contributed by atoms with van der Waals surface area (Å²) in [4.78, 5) is 16.5. The highest BCUT2D eigenvalue weighted by atomic mass is 19.1. The van der Waals surface area contributed by atoms with E-state index in [0.29, 0.717) is 28.4 Å². The van der Waals surface area contributed by atoms with E-state index in [0.717, 1.165) is 11.1 Å². The van der Waals surface area contributed by atoms with Crippen LogP contribution >= 0.6 is 0 Å². The molecular formula is C19H16FN3O2. The summed E-state index contributed by atoms with van der Waals surface area (Å²) in [6.45, 7) is 3.84. The molecule has 0 saturated carbocycles. The van der Waals surface area contributed by atoms with Crippen LogP contribution in [0.3, 0.4) is 0 Å². The molecule has 0 saturated heterocycles. The molecule has 2 aliphatic rings. The lowest BCUT2D eigenvalue weighted by atomic mass is 9.93. The second kappa shape index (κ2) is 5.17. The minimum atomic E-state index is -0.636. The number of nitrogens with two attached hydrogens (primary N) is 1. The Bertz CT molecular complexity index is 959. The summed E-state index contributed by atoms with van der Waals surface area (Å²) < 4.78 is 19.5.